The van der Waals surface area contributed by atoms with E-state index in [4.69, 9.17) is 4.74 Å². The van der Waals surface area contributed by atoms with Gasteiger partial charge in [-0.3, -0.25) is 0 Å². The number of aliphatic hydroxyl groups is 2. The molecule has 0 aromatic rings. The van der Waals surface area contributed by atoms with Crippen LogP contribution in [0.25, 0.3) is 0 Å². The van der Waals surface area contributed by atoms with Crippen LogP contribution in [0, 0.1) is 5.92 Å². The zero-order chi connectivity index (χ0) is 16.5. The molecular formula is C11H18NO9P-2. The summed E-state index contributed by atoms with van der Waals surface area (Å²) >= 11 is 0. The maximum atomic E-state index is 10.9. The number of carbonyl (C=O) groups is 1. The molecular weight excluding hydrogens is 321 g/mol. The van der Waals surface area contributed by atoms with E-state index in [1.165, 1.54) is 0 Å². The number of hydrogen-bond donors (Lipinski definition) is 3. The fourth-order valence-electron chi connectivity index (χ4n) is 2.94. The van der Waals surface area contributed by atoms with Crippen LogP contribution >= 0.6 is 7.82 Å². The molecule has 10 nitrogen and oxygen atoms in total. The molecule has 6 atom stereocenters. The number of aliphatic hydroxyl groups excluding tert-OH is 2. The fourth-order valence-corrected chi connectivity index (χ4v) is 3.27. The molecule has 2 aliphatic heterocycles. The monoisotopic (exact) mass is 339 g/mol. The van der Waals surface area contributed by atoms with Gasteiger partial charge in [0, 0.05) is 5.92 Å². The average molecular weight is 339 g/mol. The van der Waals surface area contributed by atoms with Gasteiger partial charge >= 0.3 is 0 Å². The van der Waals surface area contributed by atoms with Crippen LogP contribution in [0.3, 0.4) is 0 Å². The molecule has 0 bridgehead atoms. The van der Waals surface area contributed by atoms with Crippen molar-refractivity contribution in [2.24, 2.45) is 5.92 Å². The minimum Gasteiger partial charge on any atom is -0.790 e. The van der Waals surface area contributed by atoms with Crippen LogP contribution in [-0.2, 0) is 18.6 Å². The van der Waals surface area contributed by atoms with Crippen molar-refractivity contribution in [3.63, 3.8) is 0 Å². The molecule has 22 heavy (non-hydrogen) atoms. The van der Waals surface area contributed by atoms with Crippen molar-refractivity contribution in [3.05, 3.63) is 0 Å². The van der Waals surface area contributed by atoms with Gasteiger partial charge in [0.25, 0.3) is 0 Å². The van der Waals surface area contributed by atoms with Crippen LogP contribution < -0.4 is 19.8 Å². The fraction of sp³-hybridized carbons (Fsp3) is 0.909. The Morgan fingerprint density at radius 1 is 1.36 bits per heavy atom. The van der Waals surface area contributed by atoms with Crippen molar-refractivity contribution in [2.45, 2.75) is 37.4 Å². The van der Waals surface area contributed by atoms with Gasteiger partial charge in [-0.25, -0.2) is 0 Å². The Balaban J connectivity index is 1.97. The molecule has 2 fully saturated rings. The van der Waals surface area contributed by atoms with Crippen molar-refractivity contribution in [2.75, 3.05) is 19.7 Å². The van der Waals surface area contributed by atoms with E-state index in [9.17, 15) is 34.5 Å². The first kappa shape index (κ1) is 17.8. The Kier molecular flexibility index (Phi) is 5.57. The molecule has 2 saturated heterocycles. The van der Waals surface area contributed by atoms with Crippen LogP contribution in [0.2, 0.25) is 0 Å². The number of rotatable bonds is 5. The lowest BCUT2D eigenvalue weighted by molar-refractivity contribution is -0.956. The van der Waals surface area contributed by atoms with Crippen molar-refractivity contribution >= 4 is 13.8 Å². The predicted octanol–water partition coefficient (Wildman–Crippen LogP) is -5.68. The van der Waals surface area contributed by atoms with Crippen LogP contribution in [0.5, 0.6) is 0 Å². The third-order valence-corrected chi connectivity index (χ3v) is 4.52. The first-order valence-electron chi connectivity index (χ1n) is 6.92. The summed E-state index contributed by atoms with van der Waals surface area (Å²) in [6, 6.07) is 0. The molecule has 2 heterocycles. The number of piperidine rings is 1. The Morgan fingerprint density at radius 2 is 2.05 bits per heavy atom. The third kappa shape index (κ3) is 4.24. The summed E-state index contributed by atoms with van der Waals surface area (Å²) in [7, 11) is -5.20. The van der Waals surface area contributed by atoms with Crippen LogP contribution in [0.4, 0.5) is 0 Å². The number of ether oxygens (including phenoxy) is 1. The lowest BCUT2D eigenvalue weighted by atomic mass is 9.97. The van der Waals surface area contributed by atoms with Crippen molar-refractivity contribution in [3.8, 4) is 0 Å². The van der Waals surface area contributed by atoms with Crippen LogP contribution in [-0.4, -0.2) is 60.4 Å². The molecule has 0 radical (unpaired) electrons. The minimum absolute atomic E-state index is 0.173. The van der Waals surface area contributed by atoms with Crippen LogP contribution in [0.15, 0.2) is 0 Å². The van der Waals surface area contributed by atoms with Gasteiger partial charge in [0.1, 0.15) is 12.2 Å². The van der Waals surface area contributed by atoms with Gasteiger partial charge in [-0.1, -0.05) is 0 Å². The highest BCUT2D eigenvalue weighted by molar-refractivity contribution is 7.43. The second-order valence-corrected chi connectivity index (χ2v) is 6.74. The number of quaternary nitrogens is 1. The van der Waals surface area contributed by atoms with E-state index in [1.807, 2.05) is 0 Å². The average Bonchev–Trinajstić information content (AvgIpc) is 2.72. The molecule has 0 aromatic carbocycles. The molecule has 2 aliphatic rings. The number of nitrogens with one attached hydrogen (secondary N) is 1. The zero-order valence-corrected chi connectivity index (χ0v) is 12.5. The number of carbonyl (C=O) groups excluding carboxylic acids is 1. The summed E-state index contributed by atoms with van der Waals surface area (Å²) in [5.41, 5.74) is 0. The molecule has 128 valence electrons. The van der Waals surface area contributed by atoms with Gasteiger partial charge in [-0.05, 0) is 12.8 Å². The molecule has 0 aliphatic carbocycles. The number of likely N-dealkylation sites (tertiary alicyclic amines) is 1. The topological polar surface area (TPSA) is 167 Å². The lowest BCUT2D eigenvalue weighted by Gasteiger charge is -2.34. The van der Waals surface area contributed by atoms with E-state index in [2.05, 4.69) is 4.52 Å². The zero-order valence-electron chi connectivity index (χ0n) is 11.6. The first-order chi connectivity index (χ1) is 10.2. The standard InChI is InChI=1S/C11H20NO9P/c13-8-7(5-20-22(17,18)19)21-10(9(8)14)12-3-1-2-6(4-12)11(15)16/h6-10,13-14H,1-5H2,(H,15,16)(H2,17,18,19)/p-2. The van der Waals surface area contributed by atoms with Gasteiger partial charge in [-0.2, -0.15) is 0 Å². The quantitative estimate of drug-likeness (QED) is 0.414. The van der Waals surface area contributed by atoms with Crippen molar-refractivity contribution < 1.29 is 48.6 Å². The van der Waals surface area contributed by atoms with Gasteiger partial charge in [-0.15, -0.1) is 0 Å². The molecule has 3 N–H and O–H groups in total. The summed E-state index contributed by atoms with van der Waals surface area (Å²) in [4.78, 5) is 32.5. The van der Waals surface area contributed by atoms with E-state index in [0.29, 0.717) is 24.3 Å². The highest BCUT2D eigenvalue weighted by Gasteiger charge is 2.49. The number of phosphoric ester groups is 1. The van der Waals surface area contributed by atoms with Gasteiger partial charge in [0.05, 0.1) is 33.5 Å². The normalized spacial score (nSPS) is 39.8. The molecule has 6 unspecified atom stereocenters. The number of carboxylic acid groups (broad SMARTS) is 1. The van der Waals surface area contributed by atoms with E-state index in [0.717, 1.165) is 0 Å². The molecule has 11 heteroatoms. The highest BCUT2D eigenvalue weighted by Crippen LogP contribution is 2.28. The van der Waals surface area contributed by atoms with Crippen LogP contribution in [0.1, 0.15) is 12.8 Å². The Labute approximate surface area is 126 Å². The van der Waals surface area contributed by atoms with Gasteiger partial charge < -0.3 is 48.6 Å². The van der Waals surface area contributed by atoms with E-state index < -0.39 is 50.9 Å². The second kappa shape index (κ2) is 6.90. The summed E-state index contributed by atoms with van der Waals surface area (Å²) in [6.45, 7) is 0.00949. The number of hydrogen-bond acceptors (Lipinski definition) is 9. The van der Waals surface area contributed by atoms with E-state index >= 15 is 0 Å². The number of phosphoric acid groups is 1. The Morgan fingerprint density at radius 3 is 2.64 bits per heavy atom. The maximum absolute atomic E-state index is 10.9. The summed E-state index contributed by atoms with van der Waals surface area (Å²) in [6.07, 6.45) is -3.78. The van der Waals surface area contributed by atoms with E-state index in [-0.39, 0.29) is 6.54 Å². The van der Waals surface area contributed by atoms with Gasteiger partial charge in [0.15, 0.2) is 6.10 Å². The summed E-state index contributed by atoms with van der Waals surface area (Å²) < 4.78 is 19.9. The molecule has 0 amide bonds. The van der Waals surface area contributed by atoms with Crippen molar-refractivity contribution in [1.82, 2.24) is 0 Å². The molecule has 2 rings (SSSR count). The van der Waals surface area contributed by atoms with Gasteiger partial charge in [0.2, 0.25) is 6.23 Å². The largest absolute Gasteiger partial charge is 0.790 e. The highest BCUT2D eigenvalue weighted by atomic mass is 31.2. The third-order valence-electron chi connectivity index (χ3n) is 4.05. The predicted molar refractivity (Wildman–Crippen MR) is 62.7 cm³/mol. The smallest absolute Gasteiger partial charge is 0.221 e. The summed E-state index contributed by atoms with van der Waals surface area (Å²) in [5, 5.41) is 30.8. The van der Waals surface area contributed by atoms with Crippen molar-refractivity contribution in [1.29, 1.82) is 0 Å². The van der Waals surface area contributed by atoms with E-state index in [1.54, 1.807) is 0 Å². The maximum Gasteiger partial charge on any atom is 0.221 e. The Hall–Kier alpha value is -0.580. The molecule has 0 spiro atoms. The second-order valence-electron chi connectivity index (χ2n) is 5.59. The summed E-state index contributed by atoms with van der Waals surface area (Å²) in [5.74, 6) is -1.85. The lowest BCUT2D eigenvalue weighted by Crippen LogP contribution is -3.18. The minimum atomic E-state index is -5.20. The molecule has 0 aromatic heterocycles. The SMILES string of the molecule is O=C([O-])C1CCC[NH+](C2OC(COP(=O)([O-])[O-])C(O)C2O)C1. The number of aliphatic carboxylic acids is 1. The first-order valence-corrected chi connectivity index (χ1v) is 8.38. The Bertz CT molecular complexity index is 455. The molecule has 0 saturated carbocycles. The number of carboxylic acids is 1.